The fraction of sp³-hybridized carbons (Fsp3) is 0.538. The first-order valence-corrected chi connectivity index (χ1v) is 5.60. The summed E-state index contributed by atoms with van der Waals surface area (Å²) in [6, 6.07) is 8.90. The molecule has 1 aromatic rings. The lowest BCUT2D eigenvalue weighted by atomic mass is 10.1. The number of rotatable bonds is 5. The fourth-order valence-electron chi connectivity index (χ4n) is 1.65. The maximum atomic E-state index is 2.44. The molecule has 1 nitrogen and oxygen atoms in total. The van der Waals surface area contributed by atoms with Crippen molar-refractivity contribution >= 4 is 0 Å². The summed E-state index contributed by atoms with van der Waals surface area (Å²) in [7, 11) is 0. The Balaban J connectivity index is 2.65. The van der Waals surface area contributed by atoms with E-state index in [1.807, 2.05) is 0 Å². The second kappa shape index (κ2) is 5.82. The first-order chi connectivity index (χ1) is 6.80. The highest BCUT2D eigenvalue weighted by Gasteiger charge is 2.00. The molecule has 0 saturated carbocycles. The van der Waals surface area contributed by atoms with E-state index in [-0.39, 0.29) is 0 Å². The lowest BCUT2D eigenvalue weighted by molar-refractivity contribution is 0.296. The van der Waals surface area contributed by atoms with Gasteiger partial charge in [0.2, 0.25) is 0 Å². The van der Waals surface area contributed by atoms with E-state index >= 15 is 0 Å². The van der Waals surface area contributed by atoms with Gasteiger partial charge in [-0.3, -0.25) is 4.90 Å². The molecule has 0 unspecified atom stereocenters. The highest BCUT2D eigenvalue weighted by Crippen LogP contribution is 2.08. The Bertz CT molecular complexity index is 264. The van der Waals surface area contributed by atoms with Gasteiger partial charge in [-0.05, 0) is 30.6 Å². The molecule has 1 heteroatoms. The van der Waals surface area contributed by atoms with Gasteiger partial charge in [0.1, 0.15) is 0 Å². The van der Waals surface area contributed by atoms with Gasteiger partial charge in [-0.25, -0.2) is 0 Å². The summed E-state index contributed by atoms with van der Waals surface area (Å²) in [5, 5.41) is 0. The second-order valence-electron chi connectivity index (χ2n) is 3.63. The Labute approximate surface area is 87.7 Å². The zero-order valence-electron chi connectivity index (χ0n) is 9.59. The quantitative estimate of drug-likeness (QED) is 0.691. The van der Waals surface area contributed by atoms with Crippen LogP contribution in [0.2, 0.25) is 0 Å². The SMILES string of the molecule is CCc1cccc(CN(CC)CC)c1. The van der Waals surface area contributed by atoms with E-state index in [1.54, 1.807) is 0 Å². The van der Waals surface area contributed by atoms with Crippen molar-refractivity contribution in [3.05, 3.63) is 35.4 Å². The highest BCUT2D eigenvalue weighted by molar-refractivity contribution is 5.23. The van der Waals surface area contributed by atoms with Crippen molar-refractivity contribution in [2.45, 2.75) is 33.7 Å². The Morgan fingerprint density at radius 3 is 2.21 bits per heavy atom. The summed E-state index contributed by atoms with van der Waals surface area (Å²) in [5.41, 5.74) is 2.88. The molecule has 0 fully saturated rings. The molecule has 78 valence electrons. The van der Waals surface area contributed by atoms with Crippen molar-refractivity contribution < 1.29 is 0 Å². The summed E-state index contributed by atoms with van der Waals surface area (Å²) in [6.07, 6.45) is 1.13. The van der Waals surface area contributed by atoms with E-state index < -0.39 is 0 Å². The van der Waals surface area contributed by atoms with Crippen LogP contribution in [0.4, 0.5) is 0 Å². The molecule has 0 N–H and O–H groups in total. The van der Waals surface area contributed by atoms with Crippen molar-refractivity contribution in [3.63, 3.8) is 0 Å². The minimum atomic E-state index is 1.08. The van der Waals surface area contributed by atoms with E-state index in [2.05, 4.69) is 49.9 Å². The molecule has 0 atom stereocenters. The Kier molecular flexibility index (Phi) is 4.68. The van der Waals surface area contributed by atoms with Crippen LogP contribution in [0.25, 0.3) is 0 Å². The van der Waals surface area contributed by atoms with E-state index in [0.717, 1.165) is 26.1 Å². The van der Waals surface area contributed by atoms with Gasteiger partial charge >= 0.3 is 0 Å². The van der Waals surface area contributed by atoms with Crippen LogP contribution in [0.5, 0.6) is 0 Å². The third-order valence-corrected chi connectivity index (χ3v) is 2.70. The minimum Gasteiger partial charge on any atom is -0.300 e. The van der Waals surface area contributed by atoms with Crippen molar-refractivity contribution in [1.82, 2.24) is 4.90 Å². The molecule has 0 aliphatic carbocycles. The molecule has 0 aliphatic rings. The summed E-state index contributed by atoms with van der Waals surface area (Å²) in [4.78, 5) is 2.44. The predicted molar refractivity (Wildman–Crippen MR) is 62.4 cm³/mol. The zero-order valence-corrected chi connectivity index (χ0v) is 9.59. The third-order valence-electron chi connectivity index (χ3n) is 2.70. The molecule has 1 aromatic carbocycles. The van der Waals surface area contributed by atoms with Gasteiger partial charge in [-0.2, -0.15) is 0 Å². The van der Waals surface area contributed by atoms with Crippen molar-refractivity contribution in [1.29, 1.82) is 0 Å². The number of hydrogen-bond donors (Lipinski definition) is 0. The summed E-state index contributed by atoms with van der Waals surface area (Å²) < 4.78 is 0. The molecular weight excluding hydrogens is 170 g/mol. The lowest BCUT2D eigenvalue weighted by Gasteiger charge is -2.18. The van der Waals surface area contributed by atoms with Crippen LogP contribution in [0.1, 0.15) is 31.9 Å². The van der Waals surface area contributed by atoms with Gasteiger partial charge in [0.25, 0.3) is 0 Å². The monoisotopic (exact) mass is 191 g/mol. The molecule has 0 amide bonds. The standard InChI is InChI=1S/C13H21N/c1-4-12-8-7-9-13(10-12)11-14(5-2)6-3/h7-10H,4-6,11H2,1-3H3. The fourth-order valence-corrected chi connectivity index (χ4v) is 1.65. The first kappa shape index (κ1) is 11.3. The molecule has 0 saturated heterocycles. The smallest absolute Gasteiger partial charge is 0.0233 e. The van der Waals surface area contributed by atoms with Gasteiger partial charge in [0.05, 0.1) is 0 Å². The molecule has 0 heterocycles. The number of hydrogen-bond acceptors (Lipinski definition) is 1. The number of benzene rings is 1. The number of aryl methyl sites for hydroxylation is 1. The number of nitrogens with zero attached hydrogens (tertiary/aromatic N) is 1. The van der Waals surface area contributed by atoms with Crippen molar-refractivity contribution in [2.24, 2.45) is 0 Å². The van der Waals surface area contributed by atoms with Crippen molar-refractivity contribution in [3.8, 4) is 0 Å². The Morgan fingerprint density at radius 1 is 1.00 bits per heavy atom. The van der Waals surface area contributed by atoms with Crippen LogP contribution in [-0.2, 0) is 13.0 Å². The topological polar surface area (TPSA) is 3.24 Å². The van der Waals surface area contributed by atoms with E-state index in [4.69, 9.17) is 0 Å². The van der Waals surface area contributed by atoms with Crippen LogP contribution in [0.3, 0.4) is 0 Å². The average molecular weight is 191 g/mol. The summed E-state index contributed by atoms with van der Waals surface area (Å²) >= 11 is 0. The molecular formula is C13H21N. The van der Waals surface area contributed by atoms with Gasteiger partial charge in [-0.1, -0.05) is 45.0 Å². The van der Waals surface area contributed by atoms with Gasteiger partial charge in [0.15, 0.2) is 0 Å². The van der Waals surface area contributed by atoms with Gasteiger partial charge in [-0.15, -0.1) is 0 Å². The molecule has 0 bridgehead atoms. The predicted octanol–water partition coefficient (Wildman–Crippen LogP) is 3.09. The van der Waals surface area contributed by atoms with E-state index in [9.17, 15) is 0 Å². The van der Waals surface area contributed by atoms with Crippen LogP contribution in [0.15, 0.2) is 24.3 Å². The zero-order chi connectivity index (χ0) is 10.4. The third kappa shape index (κ3) is 3.15. The largest absolute Gasteiger partial charge is 0.300 e. The molecule has 0 aromatic heterocycles. The molecule has 0 radical (unpaired) electrons. The second-order valence-corrected chi connectivity index (χ2v) is 3.63. The lowest BCUT2D eigenvalue weighted by Crippen LogP contribution is -2.22. The molecule has 0 aliphatic heterocycles. The minimum absolute atomic E-state index is 1.08. The van der Waals surface area contributed by atoms with Gasteiger partial charge < -0.3 is 0 Å². The molecule has 1 rings (SSSR count). The molecule has 0 spiro atoms. The normalized spacial score (nSPS) is 10.9. The van der Waals surface area contributed by atoms with E-state index in [0.29, 0.717) is 0 Å². The van der Waals surface area contributed by atoms with E-state index in [1.165, 1.54) is 11.1 Å². The summed E-state index contributed by atoms with van der Waals surface area (Å²) in [6.45, 7) is 9.98. The Hall–Kier alpha value is -0.820. The van der Waals surface area contributed by atoms with Crippen LogP contribution in [-0.4, -0.2) is 18.0 Å². The Morgan fingerprint density at radius 2 is 1.64 bits per heavy atom. The van der Waals surface area contributed by atoms with Crippen LogP contribution < -0.4 is 0 Å². The average Bonchev–Trinajstić information content (AvgIpc) is 2.26. The summed E-state index contributed by atoms with van der Waals surface area (Å²) in [5.74, 6) is 0. The molecule has 14 heavy (non-hydrogen) atoms. The van der Waals surface area contributed by atoms with Crippen LogP contribution >= 0.6 is 0 Å². The maximum absolute atomic E-state index is 2.44. The first-order valence-electron chi connectivity index (χ1n) is 5.60. The highest BCUT2D eigenvalue weighted by atomic mass is 15.1. The van der Waals surface area contributed by atoms with Gasteiger partial charge in [0, 0.05) is 6.54 Å². The van der Waals surface area contributed by atoms with Crippen LogP contribution in [0, 0.1) is 0 Å². The maximum Gasteiger partial charge on any atom is 0.0233 e. The van der Waals surface area contributed by atoms with Crippen molar-refractivity contribution in [2.75, 3.05) is 13.1 Å².